The van der Waals surface area contributed by atoms with Crippen LogP contribution in [0.2, 0.25) is 0 Å². The van der Waals surface area contributed by atoms with E-state index in [1.807, 2.05) is 0 Å². The smallest absolute Gasteiger partial charge is 0.00867 e. The molecule has 0 amide bonds. The lowest BCUT2D eigenvalue weighted by atomic mass is 10.0. The van der Waals surface area contributed by atoms with Crippen molar-refractivity contribution in [2.75, 3.05) is 0 Å². The minimum Gasteiger partial charge on any atom is -0.311 e. The predicted octanol–water partition coefficient (Wildman–Crippen LogP) is 1.52. The van der Waals surface area contributed by atoms with Crippen molar-refractivity contribution in [2.24, 2.45) is 0 Å². The number of rotatable bonds is 0. The van der Waals surface area contributed by atoms with Gasteiger partial charge in [0, 0.05) is 12.1 Å². The number of nitrogens with one attached hydrogen (secondary N) is 1. The first-order valence-corrected chi connectivity index (χ1v) is 3.87. The van der Waals surface area contributed by atoms with Crippen LogP contribution in [0.1, 0.15) is 26.7 Å². The molecule has 1 aliphatic heterocycles. The summed E-state index contributed by atoms with van der Waals surface area (Å²) >= 11 is 5.12. The second kappa shape index (κ2) is 2.76. The summed E-state index contributed by atoms with van der Waals surface area (Å²) in [4.78, 5) is 1.23. The van der Waals surface area contributed by atoms with Crippen molar-refractivity contribution in [3.05, 3.63) is 0 Å². The average Bonchev–Trinajstić information content (AvgIpc) is 1.59. The Morgan fingerprint density at radius 2 is 1.78 bits per heavy atom. The van der Waals surface area contributed by atoms with Crippen molar-refractivity contribution >= 4 is 17.1 Å². The van der Waals surface area contributed by atoms with Gasteiger partial charge in [-0.15, -0.1) is 0 Å². The van der Waals surface area contributed by atoms with E-state index in [1.54, 1.807) is 0 Å². The van der Waals surface area contributed by atoms with Gasteiger partial charge in [-0.05, 0) is 31.6 Å². The maximum Gasteiger partial charge on any atom is 0.00867 e. The number of hydrogen-bond acceptors (Lipinski definition) is 2. The van der Waals surface area contributed by atoms with Gasteiger partial charge in [0.15, 0.2) is 0 Å². The molecule has 1 rings (SSSR count). The molecule has 1 fully saturated rings. The number of piperidine rings is 1. The van der Waals surface area contributed by atoms with Crippen LogP contribution in [0.3, 0.4) is 0 Å². The average molecular weight is 143 g/mol. The van der Waals surface area contributed by atoms with Crippen molar-refractivity contribution in [1.82, 2.24) is 5.32 Å². The van der Waals surface area contributed by atoms with Gasteiger partial charge in [0.05, 0.1) is 0 Å². The Bertz CT molecular complexity index is 110. The Labute approximate surface area is 61.8 Å². The maximum absolute atomic E-state index is 5.12. The minimum atomic E-state index is 0.598. The first-order valence-electron chi connectivity index (χ1n) is 3.46. The summed E-state index contributed by atoms with van der Waals surface area (Å²) < 4.78 is 0. The van der Waals surface area contributed by atoms with Crippen LogP contribution in [0.25, 0.3) is 0 Å². The van der Waals surface area contributed by atoms with E-state index in [0.717, 1.165) is 12.8 Å². The van der Waals surface area contributed by atoms with Crippen LogP contribution in [-0.2, 0) is 0 Å². The molecular formula is C7H13NS. The van der Waals surface area contributed by atoms with E-state index in [9.17, 15) is 0 Å². The fourth-order valence-electron chi connectivity index (χ4n) is 1.37. The van der Waals surface area contributed by atoms with Gasteiger partial charge in [-0.2, -0.15) is 0 Å². The fourth-order valence-corrected chi connectivity index (χ4v) is 1.87. The molecule has 0 aromatic heterocycles. The molecule has 0 aromatic carbocycles. The maximum atomic E-state index is 5.12. The van der Waals surface area contributed by atoms with Crippen LogP contribution in [-0.4, -0.2) is 16.9 Å². The molecule has 0 aliphatic carbocycles. The third-order valence-corrected chi connectivity index (χ3v) is 1.97. The van der Waals surface area contributed by atoms with Gasteiger partial charge in [0.1, 0.15) is 0 Å². The highest BCUT2D eigenvalue weighted by Gasteiger charge is 2.16. The summed E-state index contributed by atoms with van der Waals surface area (Å²) in [5, 5.41) is 3.42. The van der Waals surface area contributed by atoms with Gasteiger partial charge in [-0.1, -0.05) is 12.2 Å². The second-order valence-electron chi connectivity index (χ2n) is 2.92. The van der Waals surface area contributed by atoms with Gasteiger partial charge in [0.25, 0.3) is 0 Å². The van der Waals surface area contributed by atoms with E-state index in [-0.39, 0.29) is 0 Å². The molecule has 2 unspecified atom stereocenters. The summed E-state index contributed by atoms with van der Waals surface area (Å²) in [6.07, 6.45) is 2.17. The standard InChI is InChI=1S/C7H13NS/c1-5-3-7(9)4-6(2)8-5/h5-6,8H,3-4H2,1-2H3. The summed E-state index contributed by atoms with van der Waals surface area (Å²) in [6.45, 7) is 4.36. The highest BCUT2D eigenvalue weighted by molar-refractivity contribution is 7.80. The van der Waals surface area contributed by atoms with E-state index in [2.05, 4.69) is 19.2 Å². The van der Waals surface area contributed by atoms with E-state index >= 15 is 0 Å². The Morgan fingerprint density at radius 3 is 2.11 bits per heavy atom. The van der Waals surface area contributed by atoms with E-state index in [1.165, 1.54) is 4.86 Å². The summed E-state index contributed by atoms with van der Waals surface area (Å²) in [5.74, 6) is 0. The summed E-state index contributed by atoms with van der Waals surface area (Å²) in [6, 6.07) is 1.20. The molecule has 1 saturated heterocycles. The van der Waals surface area contributed by atoms with Gasteiger partial charge >= 0.3 is 0 Å². The lowest BCUT2D eigenvalue weighted by Crippen LogP contribution is -2.41. The lowest BCUT2D eigenvalue weighted by molar-refractivity contribution is 0.456. The van der Waals surface area contributed by atoms with Gasteiger partial charge < -0.3 is 5.32 Å². The van der Waals surface area contributed by atoms with Crippen molar-refractivity contribution in [3.8, 4) is 0 Å². The molecule has 52 valence electrons. The Balaban J connectivity index is 2.43. The van der Waals surface area contributed by atoms with E-state index in [0.29, 0.717) is 12.1 Å². The van der Waals surface area contributed by atoms with Crippen LogP contribution in [0.5, 0.6) is 0 Å². The van der Waals surface area contributed by atoms with Crippen molar-refractivity contribution in [2.45, 2.75) is 38.8 Å². The highest BCUT2D eigenvalue weighted by atomic mass is 32.1. The molecule has 2 atom stereocenters. The zero-order chi connectivity index (χ0) is 6.85. The van der Waals surface area contributed by atoms with Crippen molar-refractivity contribution in [1.29, 1.82) is 0 Å². The van der Waals surface area contributed by atoms with Crippen LogP contribution in [0.4, 0.5) is 0 Å². The van der Waals surface area contributed by atoms with Gasteiger partial charge in [0.2, 0.25) is 0 Å². The zero-order valence-corrected chi connectivity index (χ0v) is 6.79. The Kier molecular flexibility index (Phi) is 2.19. The van der Waals surface area contributed by atoms with Crippen LogP contribution in [0.15, 0.2) is 0 Å². The molecule has 0 saturated carbocycles. The number of hydrogen-bond donors (Lipinski definition) is 1. The summed E-state index contributed by atoms with van der Waals surface area (Å²) in [7, 11) is 0. The lowest BCUT2D eigenvalue weighted by Gasteiger charge is -2.26. The molecular weight excluding hydrogens is 130 g/mol. The van der Waals surface area contributed by atoms with Crippen LogP contribution < -0.4 is 5.32 Å². The molecule has 1 aliphatic rings. The molecule has 0 bridgehead atoms. The van der Waals surface area contributed by atoms with Gasteiger partial charge in [-0.3, -0.25) is 0 Å². The normalized spacial score (nSPS) is 36.9. The van der Waals surface area contributed by atoms with Crippen molar-refractivity contribution < 1.29 is 0 Å². The summed E-state index contributed by atoms with van der Waals surface area (Å²) in [5.41, 5.74) is 0. The first-order chi connectivity index (χ1) is 4.18. The Morgan fingerprint density at radius 1 is 1.33 bits per heavy atom. The molecule has 0 spiro atoms. The van der Waals surface area contributed by atoms with Crippen molar-refractivity contribution in [3.63, 3.8) is 0 Å². The van der Waals surface area contributed by atoms with Crippen LogP contribution in [0, 0.1) is 0 Å². The van der Waals surface area contributed by atoms with E-state index < -0.39 is 0 Å². The molecule has 1 N–H and O–H groups in total. The Hall–Kier alpha value is 0.0500. The first kappa shape index (κ1) is 7.16. The van der Waals surface area contributed by atoms with Gasteiger partial charge in [-0.25, -0.2) is 0 Å². The molecule has 2 heteroatoms. The fraction of sp³-hybridized carbons (Fsp3) is 0.857. The minimum absolute atomic E-state index is 0.598. The molecule has 1 heterocycles. The topological polar surface area (TPSA) is 12.0 Å². The van der Waals surface area contributed by atoms with Crippen LogP contribution >= 0.6 is 12.2 Å². The second-order valence-corrected chi connectivity index (χ2v) is 3.49. The SMILES string of the molecule is CC1CC(=S)CC(C)N1. The quantitative estimate of drug-likeness (QED) is 0.516. The van der Waals surface area contributed by atoms with E-state index in [4.69, 9.17) is 12.2 Å². The zero-order valence-electron chi connectivity index (χ0n) is 5.98. The largest absolute Gasteiger partial charge is 0.311 e. The monoisotopic (exact) mass is 143 g/mol. The number of thiocarbonyl (C=S) groups is 1. The predicted molar refractivity (Wildman–Crippen MR) is 43.9 cm³/mol. The molecule has 1 nitrogen and oxygen atoms in total. The molecule has 0 aromatic rings. The molecule has 0 radical (unpaired) electrons. The third-order valence-electron chi connectivity index (χ3n) is 1.64. The third kappa shape index (κ3) is 2.03. The molecule has 9 heavy (non-hydrogen) atoms. The highest BCUT2D eigenvalue weighted by Crippen LogP contribution is 2.09.